The molecule has 0 aromatic carbocycles. The SMILES string of the molecule is CC1(C2CCCCC2)NC(=O)N(CN2CCCC(C(F)(F)F)C2)C1=O. The molecular formula is C17H26F3N3O2. The third-order valence-corrected chi connectivity index (χ3v) is 6.03. The van der Waals surface area contributed by atoms with Gasteiger partial charge in [0.1, 0.15) is 5.54 Å². The van der Waals surface area contributed by atoms with Gasteiger partial charge in [-0.05, 0) is 45.1 Å². The Balaban J connectivity index is 1.66. The number of carbonyl (C=O) groups is 2. The summed E-state index contributed by atoms with van der Waals surface area (Å²) in [4.78, 5) is 27.9. The molecule has 0 radical (unpaired) electrons. The van der Waals surface area contributed by atoms with E-state index >= 15 is 0 Å². The quantitative estimate of drug-likeness (QED) is 0.786. The van der Waals surface area contributed by atoms with Crippen LogP contribution in [0.5, 0.6) is 0 Å². The Labute approximate surface area is 145 Å². The van der Waals surface area contributed by atoms with Gasteiger partial charge in [0.2, 0.25) is 0 Å². The second-order valence-corrected chi connectivity index (χ2v) is 7.80. The fraction of sp³-hybridized carbons (Fsp3) is 0.882. The Hall–Kier alpha value is -1.31. The Morgan fingerprint density at radius 1 is 1.12 bits per heavy atom. The molecule has 3 amide bonds. The minimum atomic E-state index is -4.23. The molecule has 1 saturated carbocycles. The highest BCUT2D eigenvalue weighted by Crippen LogP contribution is 2.37. The monoisotopic (exact) mass is 361 g/mol. The molecule has 25 heavy (non-hydrogen) atoms. The fourth-order valence-corrected chi connectivity index (χ4v) is 4.45. The number of rotatable bonds is 3. The normalized spacial score (nSPS) is 33.0. The lowest BCUT2D eigenvalue weighted by atomic mass is 9.75. The Morgan fingerprint density at radius 2 is 1.80 bits per heavy atom. The molecule has 1 aliphatic carbocycles. The van der Waals surface area contributed by atoms with Gasteiger partial charge in [0, 0.05) is 6.54 Å². The number of halogens is 3. The lowest BCUT2D eigenvalue weighted by molar-refractivity contribution is -0.187. The van der Waals surface area contributed by atoms with Crippen molar-refractivity contribution >= 4 is 11.9 Å². The van der Waals surface area contributed by atoms with Gasteiger partial charge in [0.25, 0.3) is 5.91 Å². The summed E-state index contributed by atoms with van der Waals surface area (Å²) in [6.07, 6.45) is 1.34. The number of nitrogens with zero attached hydrogens (tertiary/aromatic N) is 2. The number of hydrogen-bond donors (Lipinski definition) is 1. The molecule has 0 bridgehead atoms. The van der Waals surface area contributed by atoms with Crippen LogP contribution < -0.4 is 5.32 Å². The highest BCUT2D eigenvalue weighted by atomic mass is 19.4. The van der Waals surface area contributed by atoms with Crippen molar-refractivity contribution in [2.45, 2.75) is 63.6 Å². The summed E-state index contributed by atoms with van der Waals surface area (Å²) in [6.45, 7) is 2.03. The van der Waals surface area contributed by atoms with Gasteiger partial charge in [-0.2, -0.15) is 13.2 Å². The molecule has 3 rings (SSSR count). The van der Waals surface area contributed by atoms with Gasteiger partial charge in [-0.15, -0.1) is 0 Å². The maximum atomic E-state index is 13.0. The number of alkyl halides is 3. The van der Waals surface area contributed by atoms with Crippen LogP contribution in [-0.2, 0) is 4.79 Å². The zero-order valence-corrected chi connectivity index (χ0v) is 14.6. The van der Waals surface area contributed by atoms with Crippen molar-refractivity contribution in [3.8, 4) is 0 Å². The highest BCUT2D eigenvalue weighted by molar-refractivity contribution is 6.07. The third-order valence-electron chi connectivity index (χ3n) is 6.03. The molecule has 2 heterocycles. The Bertz CT molecular complexity index is 534. The lowest BCUT2D eigenvalue weighted by Crippen LogP contribution is -2.52. The minimum absolute atomic E-state index is 0.0560. The molecule has 2 saturated heterocycles. The highest BCUT2D eigenvalue weighted by Gasteiger charge is 2.53. The molecule has 2 unspecified atom stereocenters. The summed E-state index contributed by atoms with van der Waals surface area (Å²) in [6, 6.07) is -0.479. The Kier molecular flexibility index (Phi) is 5.01. The number of urea groups is 1. The van der Waals surface area contributed by atoms with Crippen molar-refractivity contribution in [2.75, 3.05) is 19.8 Å². The molecule has 8 heteroatoms. The zero-order chi connectivity index (χ0) is 18.2. The maximum Gasteiger partial charge on any atom is 0.393 e. The number of imide groups is 1. The summed E-state index contributed by atoms with van der Waals surface area (Å²) in [5.41, 5.74) is -0.920. The van der Waals surface area contributed by atoms with Crippen LogP contribution in [0.1, 0.15) is 51.9 Å². The molecule has 142 valence electrons. The average Bonchev–Trinajstić information content (AvgIpc) is 2.80. The van der Waals surface area contributed by atoms with Crippen molar-refractivity contribution in [3.05, 3.63) is 0 Å². The number of piperidine rings is 1. The minimum Gasteiger partial charge on any atom is -0.323 e. The van der Waals surface area contributed by atoms with Crippen LogP contribution in [0.15, 0.2) is 0 Å². The first-order valence-corrected chi connectivity index (χ1v) is 9.15. The maximum absolute atomic E-state index is 13.0. The van der Waals surface area contributed by atoms with E-state index < -0.39 is 23.7 Å². The van der Waals surface area contributed by atoms with Crippen LogP contribution in [0.4, 0.5) is 18.0 Å². The van der Waals surface area contributed by atoms with Gasteiger partial charge in [-0.25, -0.2) is 9.69 Å². The van der Waals surface area contributed by atoms with Crippen LogP contribution in [0.3, 0.4) is 0 Å². The van der Waals surface area contributed by atoms with Crippen molar-refractivity contribution in [2.24, 2.45) is 11.8 Å². The average molecular weight is 361 g/mol. The first-order valence-electron chi connectivity index (χ1n) is 9.15. The predicted molar refractivity (Wildman–Crippen MR) is 85.6 cm³/mol. The van der Waals surface area contributed by atoms with E-state index in [1.807, 2.05) is 0 Å². The third kappa shape index (κ3) is 3.64. The number of amides is 3. The summed E-state index contributed by atoms with van der Waals surface area (Å²) < 4.78 is 38.9. The summed E-state index contributed by atoms with van der Waals surface area (Å²) >= 11 is 0. The lowest BCUT2D eigenvalue weighted by Gasteiger charge is -2.36. The standard InChI is InChI=1S/C17H26F3N3O2/c1-16(12-6-3-2-4-7-12)14(24)23(15(25)21-16)11-22-9-5-8-13(10-22)17(18,19)20/h12-13H,2-11H2,1H3,(H,21,25). The predicted octanol–water partition coefficient (Wildman–Crippen LogP) is 3.11. The van der Waals surface area contributed by atoms with E-state index in [0.717, 1.165) is 37.0 Å². The van der Waals surface area contributed by atoms with E-state index in [9.17, 15) is 22.8 Å². The van der Waals surface area contributed by atoms with Crippen molar-refractivity contribution in [3.63, 3.8) is 0 Å². The van der Waals surface area contributed by atoms with Crippen molar-refractivity contribution in [1.82, 2.24) is 15.1 Å². The molecule has 0 aromatic rings. The zero-order valence-electron chi connectivity index (χ0n) is 14.6. The second-order valence-electron chi connectivity index (χ2n) is 7.80. The summed E-state index contributed by atoms with van der Waals surface area (Å²) in [5, 5.41) is 2.82. The first kappa shape index (κ1) is 18.5. The molecule has 3 fully saturated rings. The largest absolute Gasteiger partial charge is 0.393 e. The molecule has 3 aliphatic rings. The number of carbonyl (C=O) groups excluding carboxylic acids is 2. The molecule has 5 nitrogen and oxygen atoms in total. The molecule has 1 N–H and O–H groups in total. The fourth-order valence-electron chi connectivity index (χ4n) is 4.45. The Morgan fingerprint density at radius 3 is 2.44 bits per heavy atom. The van der Waals surface area contributed by atoms with Gasteiger partial charge in [0.05, 0.1) is 12.6 Å². The molecule has 2 atom stereocenters. The van der Waals surface area contributed by atoms with Gasteiger partial charge in [-0.1, -0.05) is 19.3 Å². The van der Waals surface area contributed by atoms with Gasteiger partial charge < -0.3 is 5.32 Å². The molecular weight excluding hydrogens is 335 g/mol. The van der Waals surface area contributed by atoms with Gasteiger partial charge >= 0.3 is 12.2 Å². The molecule has 0 spiro atoms. The van der Waals surface area contributed by atoms with Crippen LogP contribution in [0.2, 0.25) is 0 Å². The van der Waals surface area contributed by atoms with E-state index in [4.69, 9.17) is 0 Å². The van der Waals surface area contributed by atoms with E-state index in [2.05, 4.69) is 5.32 Å². The molecule has 0 aromatic heterocycles. The van der Waals surface area contributed by atoms with E-state index in [-0.39, 0.29) is 31.5 Å². The topological polar surface area (TPSA) is 52.7 Å². The van der Waals surface area contributed by atoms with E-state index in [1.165, 1.54) is 0 Å². The number of nitrogens with one attached hydrogen (secondary N) is 1. The van der Waals surface area contributed by atoms with Crippen LogP contribution in [0.25, 0.3) is 0 Å². The second kappa shape index (κ2) is 6.78. The summed E-state index contributed by atoms with van der Waals surface area (Å²) in [7, 11) is 0. The van der Waals surface area contributed by atoms with Crippen molar-refractivity contribution in [1.29, 1.82) is 0 Å². The molecule has 2 aliphatic heterocycles. The first-order chi connectivity index (χ1) is 11.7. The van der Waals surface area contributed by atoms with Crippen molar-refractivity contribution < 1.29 is 22.8 Å². The van der Waals surface area contributed by atoms with E-state index in [0.29, 0.717) is 13.0 Å². The van der Waals surface area contributed by atoms with Crippen LogP contribution >= 0.6 is 0 Å². The van der Waals surface area contributed by atoms with Gasteiger partial charge in [0.15, 0.2) is 0 Å². The number of hydrogen-bond acceptors (Lipinski definition) is 3. The van der Waals surface area contributed by atoms with Crippen LogP contribution in [-0.4, -0.2) is 53.2 Å². The number of likely N-dealkylation sites (tertiary alicyclic amines) is 1. The smallest absolute Gasteiger partial charge is 0.323 e. The van der Waals surface area contributed by atoms with E-state index in [1.54, 1.807) is 11.8 Å². The summed E-state index contributed by atoms with van der Waals surface area (Å²) in [5.74, 6) is -1.57. The van der Waals surface area contributed by atoms with Crippen LogP contribution in [0, 0.1) is 11.8 Å². The van der Waals surface area contributed by atoms with Gasteiger partial charge in [-0.3, -0.25) is 9.69 Å².